The average Bonchev–Trinajstić information content (AvgIpc) is 0.787. The van der Waals surface area contributed by atoms with Crippen LogP contribution in [0.15, 0.2) is 371 Å². The summed E-state index contributed by atoms with van der Waals surface area (Å²) in [4.78, 5) is 40.0. The number of pyridine rings is 1. The molecule has 4 unspecified atom stereocenters. The Bertz CT molecular complexity index is 6280. The van der Waals surface area contributed by atoms with E-state index in [0.29, 0.717) is 12.1 Å². The smallest absolute Gasteiger partial charge is 0.366 e. The van der Waals surface area contributed by atoms with Crippen molar-refractivity contribution in [2.75, 3.05) is 35.4 Å². The second-order valence-electron chi connectivity index (χ2n) is 34.1. The van der Waals surface area contributed by atoms with E-state index in [2.05, 4.69) is 272 Å². The van der Waals surface area contributed by atoms with Gasteiger partial charge in [-0.1, -0.05) is 299 Å². The molecule has 19 rings (SSSR count). The van der Waals surface area contributed by atoms with Gasteiger partial charge in [-0.25, -0.2) is 0 Å². The zero-order valence-electron chi connectivity index (χ0n) is 80.9. The number of halogens is 15. The summed E-state index contributed by atoms with van der Waals surface area (Å²) in [7, 11) is 2.05. The number of carbonyl (C=O) groups is 2. The van der Waals surface area contributed by atoms with E-state index in [0.717, 1.165) is 58.9 Å². The molecule has 5 heterocycles. The Morgan fingerprint density at radius 1 is 0.364 bits per heavy atom. The maximum absolute atomic E-state index is 12.4. The standard InChI is InChI=1S/C15H15NO.C14H13NO.C13H10S2.2C11H10.C11H16.C10H8F6.C9H6F6.C8H7F3.C6H7N.C5H6S.C3H8S/c1-2-16-13-9-5-3-7-11(13)15(17)12-8-4-6-10-14(12)16;1-15-12-8-4-2-6-10(12)14(16)11-7-3-5-9-13(11)15;1-9-5-4-8-12-13(9)15-11-7-3-2-6-10(11)14-12;1-9-5-4-7-10-6-2-3-8-11(9)10;1-9-6-7-10-4-2-3-5-11(10)8-9;1-9-5-7-10(8-6-9)11(2,3)4;1-2-6-3-7(9(11,12)13)5-8(4-6)10(14,15)16;1-5-2-6(8(10,11)12)4-7(3-5)9(13,14)15;1-6-2-4-7(5-3-6)8(9,10)11;1-6-2-4-7-5-3-6;1-5-3-2-4-6-5;1-3-4-2/h3-11,13H,2H2,1H3;2-10,12H,1H3;2-8H,1H3;2*2-8H,1H3;5-8H,1-4H3;3-5H,2H2,1H3;2-4H,1H3;2-5H,1H3;2-5H,1H3;2-4H,1H3;3H2,1-2H3. The fourth-order valence-corrected chi connectivity index (χ4v) is 17.5. The van der Waals surface area contributed by atoms with Gasteiger partial charge in [0.1, 0.15) is 0 Å². The van der Waals surface area contributed by atoms with E-state index in [9.17, 15) is 75.4 Å². The highest BCUT2D eigenvalue weighted by molar-refractivity contribution is 8.05. The molecule has 0 bridgehead atoms. The van der Waals surface area contributed by atoms with Gasteiger partial charge in [0.15, 0.2) is 11.6 Å². The predicted molar refractivity (Wildman–Crippen MR) is 552 cm³/mol. The van der Waals surface area contributed by atoms with Crippen molar-refractivity contribution in [1.82, 2.24) is 4.98 Å². The van der Waals surface area contributed by atoms with Crippen LogP contribution in [0, 0.1) is 67.2 Å². The zero-order valence-corrected chi connectivity index (χ0v) is 84.1. The third-order valence-electron chi connectivity index (χ3n) is 22.2. The van der Waals surface area contributed by atoms with Crippen LogP contribution in [0.4, 0.5) is 77.2 Å². The maximum Gasteiger partial charge on any atom is 0.416 e. The van der Waals surface area contributed by atoms with Crippen LogP contribution in [-0.4, -0.2) is 54.2 Å². The van der Waals surface area contributed by atoms with Gasteiger partial charge in [0.05, 0.1) is 51.7 Å². The molecule has 0 saturated carbocycles. The van der Waals surface area contributed by atoms with Crippen molar-refractivity contribution in [2.24, 2.45) is 11.8 Å². The molecule has 2 aliphatic carbocycles. The molecule has 14 aromatic rings. The molecule has 0 spiro atoms. The highest BCUT2D eigenvalue weighted by atomic mass is 32.2. The van der Waals surface area contributed by atoms with Gasteiger partial charge in [-0.05, 0) is 256 Å². The second kappa shape index (κ2) is 53.0. The molecule has 2 aromatic heterocycles. The van der Waals surface area contributed by atoms with E-state index in [-0.39, 0.29) is 70.6 Å². The summed E-state index contributed by atoms with van der Waals surface area (Å²) in [6.45, 7) is 29.0. The number of aromatic nitrogens is 1. The molecule has 736 valence electrons. The number of para-hydroxylation sites is 2. The SMILES string of the molecule is CCN1c2ccccc2C(=O)C2C=CC=CC21.CCSC.CCc1cc(C(F)(F)F)cc(C(F)(F)F)c1.CN1c2ccccc2C(=O)C2C=CC=CC21.Cc1cc(C(F)(F)F)cc(C(F)(F)F)c1.Cc1ccc(C(C)(C)C)cc1.Cc1ccc(C(F)(F)F)cc1.Cc1ccc2ccccc2c1.Cc1cccc2c1Sc1ccccc1S2.Cc1cccc2ccccc12.Cc1cccs1.Cc1ccncc1. The summed E-state index contributed by atoms with van der Waals surface area (Å²) in [5, 5.41) is 7.41. The van der Waals surface area contributed by atoms with Gasteiger partial charge in [0.25, 0.3) is 0 Å². The number of nitrogens with zero attached hydrogens (tertiary/aromatic N) is 3. The van der Waals surface area contributed by atoms with Crippen LogP contribution in [0.3, 0.4) is 0 Å². The van der Waals surface area contributed by atoms with Crippen molar-refractivity contribution in [2.45, 2.75) is 171 Å². The monoisotopic (exact) mass is 2000 g/mol. The number of carbonyl (C=O) groups excluding carboxylic acids is 2. The van der Waals surface area contributed by atoms with Crippen LogP contribution in [0.25, 0.3) is 21.5 Å². The summed E-state index contributed by atoms with van der Waals surface area (Å²) in [6, 6.07) is 85.9. The molecule has 0 amide bonds. The number of fused-ring (bicyclic) bond motifs is 8. The lowest BCUT2D eigenvalue weighted by atomic mass is 9.82. The summed E-state index contributed by atoms with van der Waals surface area (Å²) >= 11 is 7.40. The summed E-state index contributed by atoms with van der Waals surface area (Å²) in [5.74, 6) is 1.68. The van der Waals surface area contributed by atoms with Crippen molar-refractivity contribution in [3.63, 3.8) is 0 Å². The number of thiophene rings is 1. The topological polar surface area (TPSA) is 53.5 Å². The lowest BCUT2D eigenvalue weighted by molar-refractivity contribution is -0.144. The number of rotatable bonds is 3. The van der Waals surface area contributed by atoms with Crippen molar-refractivity contribution >= 4 is 91.1 Å². The average molecular weight is 2000 g/mol. The van der Waals surface area contributed by atoms with E-state index in [1.807, 2.05) is 146 Å². The third kappa shape index (κ3) is 34.7. The molecule has 3 aliphatic heterocycles. The molecule has 0 fully saturated rings. The van der Waals surface area contributed by atoms with Crippen LogP contribution in [0.1, 0.15) is 145 Å². The molecule has 5 aliphatic rings. The van der Waals surface area contributed by atoms with Gasteiger partial charge in [0, 0.05) is 72.9 Å². The molecule has 12 aromatic carbocycles. The summed E-state index contributed by atoms with van der Waals surface area (Å²) in [5.41, 5.74) is 7.22. The van der Waals surface area contributed by atoms with E-state index in [1.54, 1.807) is 30.7 Å². The number of aryl methyl sites for hydroxylation is 9. The molecule has 5 nitrogen and oxygen atoms in total. The quantitative estimate of drug-likeness (QED) is 0.162. The number of alkyl halides is 15. The van der Waals surface area contributed by atoms with Gasteiger partial charge < -0.3 is 9.80 Å². The fraction of sp³-hybridized carbons (Fsp3) is 0.250. The number of anilines is 2. The normalized spacial score (nSPS) is 14.9. The van der Waals surface area contributed by atoms with Crippen LogP contribution < -0.4 is 9.80 Å². The minimum absolute atomic E-state index is 0.0159. The third-order valence-corrected chi connectivity index (χ3v) is 26.3. The Labute approximate surface area is 829 Å². The van der Waals surface area contributed by atoms with Gasteiger partial charge >= 0.3 is 30.9 Å². The molecule has 0 N–H and O–H groups in total. The van der Waals surface area contributed by atoms with Crippen LogP contribution in [0.5, 0.6) is 0 Å². The molecule has 4 atom stereocenters. The Morgan fingerprint density at radius 2 is 0.779 bits per heavy atom. The first-order chi connectivity index (χ1) is 66.1. The van der Waals surface area contributed by atoms with Crippen molar-refractivity contribution in [3.05, 3.63) is 445 Å². The van der Waals surface area contributed by atoms with E-state index < -0.39 is 58.7 Å². The molecule has 140 heavy (non-hydrogen) atoms. The van der Waals surface area contributed by atoms with Crippen LogP contribution >= 0.6 is 46.6 Å². The lowest BCUT2D eigenvalue weighted by Gasteiger charge is -2.40. The number of benzene rings is 12. The van der Waals surface area contributed by atoms with Crippen molar-refractivity contribution < 1.29 is 75.4 Å². The van der Waals surface area contributed by atoms with E-state index in [1.165, 1.54) is 111 Å². The molecule has 0 saturated heterocycles. The predicted octanol–water partition coefficient (Wildman–Crippen LogP) is 35.6. The number of likely N-dealkylation sites (N-methyl/N-ethyl adjacent to an activating group) is 2. The summed E-state index contributed by atoms with van der Waals surface area (Å²) in [6.07, 6.45) is -1.24. The minimum atomic E-state index is -4.76. The number of ketones is 2. The number of hydrogen-bond donors (Lipinski definition) is 0. The highest BCUT2D eigenvalue weighted by Crippen LogP contribution is 2.50. The first kappa shape index (κ1) is 113. The molecule has 0 radical (unpaired) electrons. The Kier molecular flexibility index (Phi) is 42.8. The second-order valence-corrected chi connectivity index (χ2v) is 38.5. The fourth-order valence-electron chi connectivity index (χ4n) is 14.6. The maximum atomic E-state index is 12.4. The highest BCUT2D eigenvalue weighted by Gasteiger charge is 2.41. The van der Waals surface area contributed by atoms with Gasteiger partial charge in [0.2, 0.25) is 0 Å². The van der Waals surface area contributed by atoms with E-state index in [4.69, 9.17) is 0 Å². The van der Waals surface area contributed by atoms with Crippen molar-refractivity contribution in [1.29, 1.82) is 0 Å². The largest absolute Gasteiger partial charge is 0.416 e. The van der Waals surface area contributed by atoms with Crippen LogP contribution in [0.2, 0.25) is 0 Å². The number of thioether (sulfide) groups is 1. The van der Waals surface area contributed by atoms with Gasteiger partial charge in [-0.3, -0.25) is 14.6 Å². The first-order valence-electron chi connectivity index (χ1n) is 45.2. The first-order valence-corrected chi connectivity index (χ1v) is 49.1. The Hall–Kier alpha value is -12.1. The minimum Gasteiger partial charge on any atom is -0.366 e. The van der Waals surface area contributed by atoms with Crippen LogP contribution in [-0.2, 0) is 42.7 Å². The van der Waals surface area contributed by atoms with Crippen molar-refractivity contribution in [3.8, 4) is 0 Å². The molecule has 24 heteroatoms. The lowest BCUT2D eigenvalue weighted by Crippen LogP contribution is -2.47. The molecular weight excluding hydrogens is 1880 g/mol. The van der Waals surface area contributed by atoms with Gasteiger partial charge in [-0.15, -0.1) is 11.3 Å². The zero-order chi connectivity index (χ0) is 103. The number of hydrogen-bond acceptors (Lipinski definition) is 9. The van der Waals surface area contributed by atoms with Gasteiger partial charge in [-0.2, -0.15) is 77.6 Å². The Morgan fingerprint density at radius 3 is 1.25 bits per heavy atom. The Balaban J connectivity index is 0.000000190. The number of allylic oxidation sites excluding steroid dienone is 4. The summed E-state index contributed by atoms with van der Waals surface area (Å²) < 4.78 is 183. The molecular formula is C116H116F15N3O2S4. The van der Waals surface area contributed by atoms with E-state index >= 15 is 0 Å². The number of Topliss-reactive ketones (excluding diaryl/α,β-unsaturated/α-hetero) is 2.